The molecule has 4 aromatic rings. The van der Waals surface area contributed by atoms with Crippen LogP contribution in [-0.2, 0) is 27.5 Å². The summed E-state index contributed by atoms with van der Waals surface area (Å²) in [7, 11) is 0. The van der Waals surface area contributed by atoms with Gasteiger partial charge in [-0.1, -0.05) is 97.1 Å². The molecule has 0 saturated carbocycles. The minimum Gasteiger partial charge on any atom is -0.481 e. The molecule has 0 aliphatic rings. The zero-order chi connectivity index (χ0) is 38.7. The second-order valence-corrected chi connectivity index (χ2v) is 13.7. The van der Waals surface area contributed by atoms with E-state index in [1.165, 1.54) is 11.1 Å². The molecule has 0 fully saturated rings. The molecule has 0 heterocycles. The predicted molar refractivity (Wildman–Crippen MR) is 219 cm³/mol. The van der Waals surface area contributed by atoms with Crippen LogP contribution in [0.25, 0.3) is 0 Å². The molecule has 2 amide bonds. The number of aliphatic carboxylic acids is 1. The number of rotatable bonds is 14. The van der Waals surface area contributed by atoms with Crippen molar-refractivity contribution in [3.05, 3.63) is 130 Å². The number of carboxylic acid groups (broad SMARTS) is 1. The molecule has 0 aliphatic carbocycles. The van der Waals surface area contributed by atoms with E-state index in [1.807, 2.05) is 76.2 Å². The van der Waals surface area contributed by atoms with Crippen molar-refractivity contribution >= 4 is 29.2 Å². The van der Waals surface area contributed by atoms with E-state index in [-0.39, 0.29) is 17.3 Å². The summed E-state index contributed by atoms with van der Waals surface area (Å²) in [5, 5.41) is 13.7. The summed E-state index contributed by atoms with van der Waals surface area (Å²) < 4.78 is 1.53. The summed E-state index contributed by atoms with van der Waals surface area (Å²) in [6.07, 6.45) is 0. The molecule has 0 aliphatic heterocycles. The molecule has 9 nitrogen and oxygen atoms in total. The Kier molecular flexibility index (Phi) is 20.0. The lowest BCUT2D eigenvalue weighted by Gasteiger charge is -2.36. The number of amides is 2. The largest absolute Gasteiger partial charge is 0.481 e. The Hall–Kier alpha value is -4.83. The number of quaternary nitrogens is 2. The monoisotopic (exact) mass is 728 g/mol. The van der Waals surface area contributed by atoms with Crippen LogP contribution >= 0.6 is 0 Å². The van der Waals surface area contributed by atoms with E-state index in [9.17, 15) is 9.59 Å². The molecule has 4 rings (SSSR count). The average molecular weight is 729 g/mol. The van der Waals surface area contributed by atoms with E-state index in [0.29, 0.717) is 13.1 Å². The Balaban J connectivity index is 0.000000473. The molecule has 0 aromatic heterocycles. The maximum absolute atomic E-state index is 12.7. The van der Waals surface area contributed by atoms with Crippen molar-refractivity contribution in [2.45, 2.75) is 75.4 Å². The van der Waals surface area contributed by atoms with Crippen LogP contribution < -0.4 is 10.6 Å². The van der Waals surface area contributed by atoms with Gasteiger partial charge in [0.2, 0.25) is 0 Å². The number of carboxylic acids is 1. The van der Waals surface area contributed by atoms with Gasteiger partial charge < -0.3 is 30.2 Å². The molecule has 0 atom stereocenters. The van der Waals surface area contributed by atoms with Gasteiger partial charge in [-0.2, -0.15) is 0 Å². The first kappa shape index (κ1) is 46.2. The number of para-hydroxylation sites is 2. The number of benzene rings is 4. The third-order valence-corrected chi connectivity index (χ3v) is 9.85. The Morgan fingerprint density at radius 2 is 0.774 bits per heavy atom. The smallest absolute Gasteiger partial charge is 0.300 e. The zero-order valence-corrected chi connectivity index (χ0v) is 33.5. The average Bonchev–Trinajstić information content (AvgIpc) is 3.12. The molecule has 0 radical (unpaired) electrons. The van der Waals surface area contributed by atoms with Gasteiger partial charge in [-0.3, -0.25) is 14.4 Å². The number of nitrogens with one attached hydrogen (secondary N) is 2. The van der Waals surface area contributed by atoms with Crippen molar-refractivity contribution < 1.29 is 33.9 Å². The molecule has 4 aromatic carbocycles. The number of hydrogen-bond donors (Lipinski definition) is 3. The molecule has 0 bridgehead atoms. The number of nitrogens with zero attached hydrogens (tertiary/aromatic N) is 2. The third kappa shape index (κ3) is 15.4. The van der Waals surface area contributed by atoms with Crippen molar-refractivity contribution in [1.82, 2.24) is 0 Å². The van der Waals surface area contributed by atoms with Crippen LogP contribution in [0.2, 0.25) is 0 Å². The van der Waals surface area contributed by atoms with Gasteiger partial charge in [0.1, 0.15) is 13.1 Å². The lowest BCUT2D eigenvalue weighted by atomic mass is 10.1. The van der Waals surface area contributed by atoms with E-state index in [2.05, 4.69) is 86.9 Å². The van der Waals surface area contributed by atoms with Gasteiger partial charge in [0, 0.05) is 29.4 Å². The SMILES string of the molecule is CC(=O)O.CC[N+](CC)(CC(=O)Nc1c(C)cccc1C)Cc1ccccc1.CC[N+](CC)(CC(=O)Nc1c(C)cccc1C)Cc1ccccc1.O. The fourth-order valence-corrected chi connectivity index (χ4v) is 6.39. The fourth-order valence-electron chi connectivity index (χ4n) is 6.39. The van der Waals surface area contributed by atoms with Crippen LogP contribution in [0.15, 0.2) is 97.1 Å². The molecule has 0 saturated heterocycles. The summed E-state index contributed by atoms with van der Waals surface area (Å²) in [5.41, 5.74) is 8.90. The van der Waals surface area contributed by atoms with Crippen molar-refractivity contribution in [3.8, 4) is 0 Å². The normalized spacial score (nSPS) is 10.7. The number of carbonyl (C=O) groups is 3. The molecular weight excluding hydrogens is 665 g/mol. The topological polar surface area (TPSA) is 127 Å². The van der Waals surface area contributed by atoms with Gasteiger partial charge in [-0.25, -0.2) is 0 Å². The van der Waals surface area contributed by atoms with E-state index in [1.54, 1.807) is 0 Å². The van der Waals surface area contributed by atoms with Crippen molar-refractivity contribution in [2.75, 3.05) is 49.9 Å². The van der Waals surface area contributed by atoms with Crippen LogP contribution in [0.3, 0.4) is 0 Å². The van der Waals surface area contributed by atoms with Crippen LogP contribution in [0.5, 0.6) is 0 Å². The quantitative estimate of drug-likeness (QED) is 0.114. The Morgan fingerprint density at radius 1 is 0.509 bits per heavy atom. The summed E-state index contributed by atoms with van der Waals surface area (Å²) in [4.78, 5) is 34.4. The number of anilines is 2. The number of likely N-dealkylation sites (N-methyl/N-ethyl adjacent to an activating group) is 2. The maximum atomic E-state index is 12.7. The first-order valence-corrected chi connectivity index (χ1v) is 18.4. The molecule has 5 N–H and O–H groups in total. The Morgan fingerprint density at radius 3 is 1.02 bits per heavy atom. The summed E-state index contributed by atoms with van der Waals surface area (Å²) in [6, 6.07) is 33.1. The Labute approximate surface area is 318 Å². The molecule has 288 valence electrons. The van der Waals surface area contributed by atoms with Gasteiger partial charge in [0.25, 0.3) is 17.8 Å². The van der Waals surface area contributed by atoms with Gasteiger partial charge in [0.05, 0.1) is 26.2 Å². The predicted octanol–water partition coefficient (Wildman–Crippen LogP) is 7.86. The van der Waals surface area contributed by atoms with Crippen LogP contribution in [0.4, 0.5) is 11.4 Å². The lowest BCUT2D eigenvalue weighted by Crippen LogP contribution is -2.51. The molecule has 0 spiro atoms. The van der Waals surface area contributed by atoms with Gasteiger partial charge in [0.15, 0.2) is 13.1 Å². The highest BCUT2D eigenvalue weighted by molar-refractivity contribution is 5.93. The fraction of sp³-hybridized carbons (Fsp3) is 0.386. The zero-order valence-electron chi connectivity index (χ0n) is 33.5. The van der Waals surface area contributed by atoms with Gasteiger partial charge >= 0.3 is 0 Å². The second kappa shape index (κ2) is 23.0. The summed E-state index contributed by atoms with van der Waals surface area (Å²) >= 11 is 0. The first-order chi connectivity index (χ1) is 24.7. The standard InChI is InChI=1S/2C21H28N2O.C2H4O2.H2O/c2*1-5-23(6-2,15-19-13-8-7-9-14-19)16-20(24)22-21-17(3)11-10-12-18(21)4;1-2(3)4;/h2*7-14H,5-6,15-16H2,1-4H3;1H3,(H,3,4);1H2/p+2. The minimum atomic E-state index is -0.833. The third-order valence-electron chi connectivity index (χ3n) is 9.85. The van der Waals surface area contributed by atoms with Gasteiger partial charge in [-0.15, -0.1) is 0 Å². The lowest BCUT2D eigenvalue weighted by molar-refractivity contribution is -0.930. The van der Waals surface area contributed by atoms with Crippen molar-refractivity contribution in [1.29, 1.82) is 0 Å². The second-order valence-electron chi connectivity index (χ2n) is 13.7. The number of aryl methyl sites for hydroxylation is 4. The highest BCUT2D eigenvalue weighted by Gasteiger charge is 2.29. The summed E-state index contributed by atoms with van der Waals surface area (Å²) in [6.45, 7) is 24.4. The van der Waals surface area contributed by atoms with Crippen molar-refractivity contribution in [2.24, 2.45) is 0 Å². The molecular formula is C44H64N4O5+2. The van der Waals surface area contributed by atoms with Crippen molar-refractivity contribution in [3.63, 3.8) is 0 Å². The Bertz CT molecular complexity index is 1540. The minimum absolute atomic E-state index is 0. The van der Waals surface area contributed by atoms with Gasteiger partial charge in [-0.05, 0) is 77.6 Å². The van der Waals surface area contributed by atoms with Crippen LogP contribution in [-0.4, -0.2) is 76.6 Å². The van der Waals surface area contributed by atoms with E-state index >= 15 is 0 Å². The molecule has 0 unspecified atom stereocenters. The van der Waals surface area contributed by atoms with Crippen LogP contribution in [0.1, 0.15) is 68.0 Å². The first-order valence-electron chi connectivity index (χ1n) is 18.4. The number of hydrogen-bond acceptors (Lipinski definition) is 3. The molecule has 53 heavy (non-hydrogen) atoms. The van der Waals surface area contributed by atoms with E-state index in [0.717, 1.165) is 88.8 Å². The maximum Gasteiger partial charge on any atom is 0.300 e. The van der Waals surface area contributed by atoms with E-state index < -0.39 is 5.97 Å². The summed E-state index contributed by atoms with van der Waals surface area (Å²) in [5.74, 6) is -0.654. The van der Waals surface area contributed by atoms with E-state index in [4.69, 9.17) is 9.90 Å². The highest BCUT2D eigenvalue weighted by atomic mass is 16.4. The number of carbonyl (C=O) groups excluding carboxylic acids is 2. The highest BCUT2D eigenvalue weighted by Crippen LogP contribution is 2.22. The molecule has 9 heteroatoms. The van der Waals surface area contributed by atoms with Crippen LogP contribution in [0, 0.1) is 27.7 Å².